The fourth-order valence-corrected chi connectivity index (χ4v) is 4.14. The maximum absolute atomic E-state index is 3.82. The number of hydrogen-bond donors (Lipinski definition) is 0. The van der Waals surface area contributed by atoms with Gasteiger partial charge in [0.2, 0.25) is 0 Å². The van der Waals surface area contributed by atoms with Gasteiger partial charge in [-0.05, 0) is 70.8 Å². The molecule has 0 aliphatic heterocycles. The molecule has 2 aromatic rings. The summed E-state index contributed by atoms with van der Waals surface area (Å²) in [5.41, 5.74) is 4.09. The molecule has 1 unspecified atom stereocenters. The van der Waals surface area contributed by atoms with Crippen LogP contribution in [0.25, 0.3) is 0 Å². The normalized spacial score (nSPS) is 12.4. The van der Waals surface area contributed by atoms with Crippen LogP contribution >= 0.6 is 54.5 Å². The van der Waals surface area contributed by atoms with Gasteiger partial charge >= 0.3 is 0 Å². The van der Waals surface area contributed by atoms with Crippen molar-refractivity contribution in [3.05, 3.63) is 67.2 Å². The molecule has 0 amide bonds. The maximum Gasteiger partial charge on any atom is 0.0446 e. The van der Waals surface area contributed by atoms with Crippen LogP contribution in [0.15, 0.2) is 46.9 Å². The van der Waals surface area contributed by atoms with E-state index in [0.29, 0.717) is 4.83 Å². The van der Waals surface area contributed by atoms with Gasteiger partial charge in [0.15, 0.2) is 0 Å². The van der Waals surface area contributed by atoms with Gasteiger partial charge in [-0.2, -0.15) is 0 Å². The second-order valence-corrected chi connectivity index (χ2v) is 7.45. The second-order valence-electron chi connectivity index (χ2n) is 4.26. The Balaban J connectivity index is 2.25. The van der Waals surface area contributed by atoms with Crippen LogP contribution in [-0.4, -0.2) is 0 Å². The highest BCUT2D eigenvalue weighted by molar-refractivity contribution is 14.1. The Morgan fingerprint density at radius 2 is 1.89 bits per heavy atom. The van der Waals surface area contributed by atoms with Crippen molar-refractivity contribution in [2.75, 3.05) is 0 Å². The van der Waals surface area contributed by atoms with Crippen molar-refractivity contribution in [3.8, 4) is 0 Å². The molecule has 0 saturated carbocycles. The van der Waals surface area contributed by atoms with Crippen LogP contribution in [0.3, 0.4) is 0 Å². The van der Waals surface area contributed by atoms with Gasteiger partial charge in [0, 0.05) is 12.9 Å². The summed E-state index contributed by atoms with van der Waals surface area (Å²) in [6.07, 6.45) is 1.01. The zero-order valence-corrected chi connectivity index (χ0v) is 15.3. The van der Waals surface area contributed by atoms with Crippen molar-refractivity contribution in [2.24, 2.45) is 0 Å². The summed E-state index contributed by atoms with van der Waals surface area (Å²) < 4.78 is 2.43. The van der Waals surface area contributed by atoms with Gasteiger partial charge in [-0.25, -0.2) is 0 Å². The van der Waals surface area contributed by atoms with Crippen LogP contribution in [0.2, 0.25) is 0 Å². The van der Waals surface area contributed by atoms with E-state index in [1.807, 2.05) is 0 Å². The lowest BCUT2D eigenvalue weighted by atomic mass is 10.0. The van der Waals surface area contributed by atoms with Gasteiger partial charge in [0.25, 0.3) is 0 Å². The summed E-state index contributed by atoms with van der Waals surface area (Å²) in [6, 6.07) is 15.0. The quantitative estimate of drug-likeness (QED) is 0.372. The molecule has 0 radical (unpaired) electrons. The van der Waals surface area contributed by atoms with Crippen molar-refractivity contribution < 1.29 is 0 Å². The SMILES string of the molecule is Cc1ccccc1CC(Br)c1cc(Br)ccc1I. The molecule has 0 aliphatic carbocycles. The minimum atomic E-state index is 0.350. The fourth-order valence-electron chi connectivity index (χ4n) is 1.90. The van der Waals surface area contributed by atoms with E-state index in [1.54, 1.807) is 0 Å². The Labute approximate surface area is 139 Å². The van der Waals surface area contributed by atoms with Gasteiger partial charge in [0.05, 0.1) is 0 Å². The summed E-state index contributed by atoms with van der Waals surface area (Å²) in [6.45, 7) is 2.17. The third-order valence-corrected chi connectivity index (χ3v) is 5.25. The number of hydrogen-bond acceptors (Lipinski definition) is 0. The number of aryl methyl sites for hydroxylation is 1. The number of benzene rings is 2. The van der Waals surface area contributed by atoms with Crippen LogP contribution in [0.5, 0.6) is 0 Å². The molecular weight excluding hydrogens is 467 g/mol. The third kappa shape index (κ3) is 3.58. The highest BCUT2D eigenvalue weighted by atomic mass is 127. The molecule has 0 saturated heterocycles. The van der Waals surface area contributed by atoms with Crippen LogP contribution in [-0.2, 0) is 6.42 Å². The largest absolute Gasteiger partial charge is 0.0835 e. The van der Waals surface area contributed by atoms with Gasteiger partial charge in [-0.15, -0.1) is 0 Å². The van der Waals surface area contributed by atoms with Gasteiger partial charge in [-0.1, -0.05) is 56.1 Å². The molecule has 0 spiro atoms. The molecule has 0 fully saturated rings. The predicted molar refractivity (Wildman–Crippen MR) is 93.4 cm³/mol. The summed E-state index contributed by atoms with van der Waals surface area (Å²) in [7, 11) is 0. The highest BCUT2D eigenvalue weighted by Gasteiger charge is 2.13. The topological polar surface area (TPSA) is 0 Å². The van der Waals surface area contributed by atoms with Crippen LogP contribution < -0.4 is 0 Å². The lowest BCUT2D eigenvalue weighted by Gasteiger charge is -2.14. The van der Waals surface area contributed by atoms with Crippen molar-refractivity contribution in [1.29, 1.82) is 0 Å². The van der Waals surface area contributed by atoms with E-state index in [-0.39, 0.29) is 0 Å². The Bertz CT molecular complexity index is 552. The first-order valence-electron chi connectivity index (χ1n) is 5.71. The first-order chi connectivity index (χ1) is 8.58. The van der Waals surface area contributed by atoms with Crippen molar-refractivity contribution >= 4 is 54.5 Å². The molecule has 3 heteroatoms. The monoisotopic (exact) mass is 478 g/mol. The standard InChI is InChI=1S/C15H13Br2I/c1-10-4-2-3-5-11(10)8-14(17)13-9-12(16)6-7-15(13)18/h2-7,9,14H,8H2,1H3. The first kappa shape index (κ1) is 14.5. The molecule has 0 heterocycles. The molecule has 1 atom stereocenters. The Kier molecular flexibility index (Phi) is 5.27. The summed E-state index contributed by atoms with van der Waals surface area (Å²) >= 11 is 9.75. The van der Waals surface area contributed by atoms with Gasteiger partial charge < -0.3 is 0 Å². The van der Waals surface area contributed by atoms with E-state index in [0.717, 1.165) is 10.9 Å². The fraction of sp³-hybridized carbons (Fsp3) is 0.200. The molecule has 0 N–H and O–H groups in total. The van der Waals surface area contributed by atoms with Gasteiger partial charge in [-0.3, -0.25) is 0 Å². The van der Waals surface area contributed by atoms with Crippen LogP contribution in [0, 0.1) is 10.5 Å². The third-order valence-electron chi connectivity index (χ3n) is 2.96. The lowest BCUT2D eigenvalue weighted by Crippen LogP contribution is -1.99. The highest BCUT2D eigenvalue weighted by Crippen LogP contribution is 2.33. The minimum absolute atomic E-state index is 0.350. The van der Waals surface area contributed by atoms with Crippen molar-refractivity contribution in [1.82, 2.24) is 0 Å². The zero-order valence-electron chi connectivity index (χ0n) is 9.96. The van der Waals surface area contributed by atoms with E-state index in [9.17, 15) is 0 Å². The Morgan fingerprint density at radius 3 is 2.61 bits per heavy atom. The molecular formula is C15H13Br2I. The number of halogens is 3. The summed E-state index contributed by atoms with van der Waals surface area (Å²) in [5, 5.41) is 0. The molecule has 0 bridgehead atoms. The molecule has 2 aromatic carbocycles. The summed E-state index contributed by atoms with van der Waals surface area (Å²) in [5.74, 6) is 0. The molecule has 94 valence electrons. The molecule has 18 heavy (non-hydrogen) atoms. The van der Waals surface area contributed by atoms with E-state index >= 15 is 0 Å². The van der Waals surface area contributed by atoms with Crippen molar-refractivity contribution in [3.63, 3.8) is 0 Å². The van der Waals surface area contributed by atoms with E-state index < -0.39 is 0 Å². The van der Waals surface area contributed by atoms with E-state index in [2.05, 4.69) is 104 Å². The lowest BCUT2D eigenvalue weighted by molar-refractivity contribution is 0.932. The van der Waals surface area contributed by atoms with E-state index in [1.165, 1.54) is 20.3 Å². The van der Waals surface area contributed by atoms with Crippen LogP contribution in [0.1, 0.15) is 21.5 Å². The Hall–Kier alpha value is 0.130. The smallest absolute Gasteiger partial charge is 0.0446 e. The van der Waals surface area contributed by atoms with Crippen molar-refractivity contribution in [2.45, 2.75) is 18.2 Å². The van der Waals surface area contributed by atoms with Gasteiger partial charge in [0.1, 0.15) is 0 Å². The second kappa shape index (κ2) is 6.53. The molecule has 0 aliphatic rings. The zero-order chi connectivity index (χ0) is 13.1. The predicted octanol–water partition coefficient (Wildman–Crippen LogP) is 6.04. The van der Waals surface area contributed by atoms with Crippen LogP contribution in [0.4, 0.5) is 0 Å². The molecule has 0 nitrogen and oxygen atoms in total. The number of alkyl halides is 1. The first-order valence-corrected chi connectivity index (χ1v) is 8.50. The van der Waals surface area contributed by atoms with E-state index in [4.69, 9.17) is 0 Å². The average Bonchev–Trinajstić information content (AvgIpc) is 2.35. The Morgan fingerprint density at radius 1 is 1.17 bits per heavy atom. The maximum atomic E-state index is 3.82. The minimum Gasteiger partial charge on any atom is -0.0835 e. The molecule has 2 rings (SSSR count). The number of rotatable bonds is 3. The summed E-state index contributed by atoms with van der Waals surface area (Å²) in [4.78, 5) is 0.350. The molecule has 0 aromatic heterocycles. The average molecular weight is 480 g/mol.